The van der Waals surface area contributed by atoms with Gasteiger partial charge in [-0.2, -0.15) is 0 Å². The zero-order valence-electron chi connectivity index (χ0n) is 14.7. The van der Waals surface area contributed by atoms with E-state index in [0.29, 0.717) is 25.9 Å². The number of hydrogen-bond donors (Lipinski definition) is 0. The number of benzene rings is 1. The van der Waals surface area contributed by atoms with Crippen molar-refractivity contribution < 1.29 is 14.3 Å². The Morgan fingerprint density at radius 2 is 1.84 bits per heavy atom. The van der Waals surface area contributed by atoms with E-state index < -0.39 is 0 Å². The number of carbonyl (C=O) groups excluding carboxylic acids is 2. The molecule has 0 aliphatic rings. The first-order chi connectivity index (χ1) is 12.1. The lowest BCUT2D eigenvalue weighted by Gasteiger charge is -2.25. The Balaban J connectivity index is 2.03. The van der Waals surface area contributed by atoms with Gasteiger partial charge < -0.3 is 9.64 Å². The molecule has 0 N–H and O–H groups in total. The Morgan fingerprint density at radius 3 is 2.48 bits per heavy atom. The van der Waals surface area contributed by atoms with Crippen LogP contribution >= 0.6 is 0 Å². The Hall–Kier alpha value is -2.69. The van der Waals surface area contributed by atoms with Gasteiger partial charge in [0.15, 0.2) is 0 Å². The van der Waals surface area contributed by atoms with Crippen molar-refractivity contribution in [2.75, 3.05) is 13.7 Å². The number of esters is 1. The number of methoxy groups -OCH3 is 1. The number of aryl methyl sites for hydroxylation is 1. The predicted molar refractivity (Wildman–Crippen MR) is 95.6 cm³/mol. The Labute approximate surface area is 148 Å². The van der Waals surface area contributed by atoms with Crippen molar-refractivity contribution in [2.24, 2.45) is 5.92 Å². The summed E-state index contributed by atoms with van der Waals surface area (Å²) in [5, 5.41) is 0. The molecular weight excluding hydrogens is 316 g/mol. The lowest BCUT2D eigenvalue weighted by molar-refractivity contribution is -0.146. The van der Waals surface area contributed by atoms with Crippen LogP contribution in [0, 0.1) is 5.92 Å². The molecule has 5 nitrogen and oxygen atoms in total. The van der Waals surface area contributed by atoms with E-state index >= 15 is 0 Å². The van der Waals surface area contributed by atoms with Gasteiger partial charge in [-0.25, -0.2) is 0 Å². The van der Waals surface area contributed by atoms with E-state index in [4.69, 9.17) is 4.74 Å². The standard InChI is InChI=1S/C20H24N2O3/c1-16(20(24)25-2)14-22(15-18-7-4-3-5-8-18)19(23)11-10-17-9-6-12-21-13-17/h3-9,12-13,16H,10-11,14-15H2,1-2H3/t16-/m0/s1. The number of ether oxygens (including phenoxy) is 1. The van der Waals surface area contributed by atoms with Crippen LogP contribution in [-0.2, 0) is 27.3 Å². The molecule has 1 heterocycles. The second kappa shape index (κ2) is 9.57. The van der Waals surface area contributed by atoms with Gasteiger partial charge in [-0.1, -0.05) is 43.3 Å². The normalized spacial score (nSPS) is 11.6. The van der Waals surface area contributed by atoms with Crippen LogP contribution in [0.2, 0.25) is 0 Å². The van der Waals surface area contributed by atoms with Crippen molar-refractivity contribution in [1.82, 2.24) is 9.88 Å². The summed E-state index contributed by atoms with van der Waals surface area (Å²) >= 11 is 0. The summed E-state index contributed by atoms with van der Waals surface area (Å²) in [7, 11) is 1.37. The third-order valence-corrected chi connectivity index (χ3v) is 4.02. The first-order valence-corrected chi connectivity index (χ1v) is 8.38. The van der Waals surface area contributed by atoms with Crippen molar-refractivity contribution in [2.45, 2.75) is 26.3 Å². The molecule has 1 atom stereocenters. The van der Waals surface area contributed by atoms with Crippen molar-refractivity contribution in [3.05, 3.63) is 66.0 Å². The smallest absolute Gasteiger partial charge is 0.310 e. The van der Waals surface area contributed by atoms with Crippen molar-refractivity contribution in [1.29, 1.82) is 0 Å². The van der Waals surface area contributed by atoms with Crippen LogP contribution in [0.5, 0.6) is 0 Å². The second-order valence-corrected chi connectivity index (χ2v) is 6.05. The number of nitrogens with zero attached hydrogens (tertiary/aromatic N) is 2. The molecule has 0 aliphatic carbocycles. The number of amides is 1. The van der Waals surface area contributed by atoms with Gasteiger partial charge in [0.1, 0.15) is 0 Å². The van der Waals surface area contributed by atoms with E-state index in [1.54, 1.807) is 24.2 Å². The van der Waals surface area contributed by atoms with Crippen LogP contribution < -0.4 is 0 Å². The molecule has 0 radical (unpaired) electrons. The third kappa shape index (κ3) is 6.03. The lowest BCUT2D eigenvalue weighted by Crippen LogP contribution is -2.37. The van der Waals surface area contributed by atoms with Crippen molar-refractivity contribution in [3.8, 4) is 0 Å². The molecule has 25 heavy (non-hydrogen) atoms. The molecule has 0 spiro atoms. The third-order valence-electron chi connectivity index (χ3n) is 4.02. The fourth-order valence-electron chi connectivity index (χ4n) is 2.62. The van der Waals surface area contributed by atoms with Gasteiger partial charge in [-0.3, -0.25) is 14.6 Å². The van der Waals surface area contributed by atoms with Crippen molar-refractivity contribution >= 4 is 11.9 Å². The fraction of sp³-hybridized carbons (Fsp3) is 0.350. The second-order valence-electron chi connectivity index (χ2n) is 6.05. The number of aromatic nitrogens is 1. The summed E-state index contributed by atoms with van der Waals surface area (Å²) in [5.41, 5.74) is 2.06. The Morgan fingerprint density at radius 1 is 1.12 bits per heavy atom. The Kier molecular flexibility index (Phi) is 7.14. The summed E-state index contributed by atoms with van der Waals surface area (Å²) in [6, 6.07) is 13.6. The number of carbonyl (C=O) groups is 2. The number of pyridine rings is 1. The van der Waals surface area contributed by atoms with Crippen LogP contribution in [0.3, 0.4) is 0 Å². The molecule has 0 bridgehead atoms. The summed E-state index contributed by atoms with van der Waals surface area (Å²) in [5.74, 6) is -0.655. The summed E-state index contributed by atoms with van der Waals surface area (Å²) in [6.45, 7) is 2.60. The van der Waals surface area contributed by atoms with Gasteiger partial charge in [0, 0.05) is 31.9 Å². The molecule has 5 heteroatoms. The first-order valence-electron chi connectivity index (χ1n) is 8.38. The minimum Gasteiger partial charge on any atom is -0.469 e. The van der Waals surface area contributed by atoms with Crippen LogP contribution in [0.1, 0.15) is 24.5 Å². The number of rotatable bonds is 8. The number of hydrogen-bond acceptors (Lipinski definition) is 4. The average molecular weight is 340 g/mol. The Bertz CT molecular complexity index is 674. The highest BCUT2D eigenvalue weighted by Gasteiger charge is 2.21. The zero-order valence-corrected chi connectivity index (χ0v) is 14.7. The first kappa shape index (κ1) is 18.6. The quantitative estimate of drug-likeness (QED) is 0.693. The SMILES string of the molecule is COC(=O)[C@@H](C)CN(Cc1ccccc1)C(=O)CCc1cccnc1. The molecule has 0 unspecified atom stereocenters. The molecule has 1 aromatic heterocycles. The van der Waals surface area contributed by atoms with E-state index in [1.165, 1.54) is 7.11 Å². The van der Waals surface area contributed by atoms with E-state index in [-0.39, 0.29) is 17.8 Å². The summed E-state index contributed by atoms with van der Waals surface area (Å²) in [4.78, 5) is 30.3. The maximum absolute atomic E-state index is 12.7. The zero-order chi connectivity index (χ0) is 18.1. The van der Waals surface area contributed by atoms with Gasteiger partial charge in [0.05, 0.1) is 13.0 Å². The van der Waals surface area contributed by atoms with Gasteiger partial charge in [-0.05, 0) is 23.6 Å². The average Bonchev–Trinajstić information content (AvgIpc) is 2.66. The monoisotopic (exact) mass is 340 g/mol. The fourth-order valence-corrected chi connectivity index (χ4v) is 2.62. The van der Waals surface area contributed by atoms with E-state index in [0.717, 1.165) is 11.1 Å². The predicted octanol–water partition coefficient (Wildman–Crippen LogP) is 2.85. The minimum atomic E-state index is -0.365. The van der Waals surface area contributed by atoms with Crippen LogP contribution in [0.15, 0.2) is 54.9 Å². The maximum atomic E-state index is 12.7. The van der Waals surface area contributed by atoms with Crippen LogP contribution in [0.25, 0.3) is 0 Å². The van der Waals surface area contributed by atoms with Crippen molar-refractivity contribution in [3.63, 3.8) is 0 Å². The molecule has 132 valence electrons. The molecular formula is C20H24N2O3. The van der Waals surface area contributed by atoms with E-state index in [2.05, 4.69) is 4.98 Å². The highest BCUT2D eigenvalue weighted by atomic mass is 16.5. The lowest BCUT2D eigenvalue weighted by atomic mass is 10.1. The van der Waals surface area contributed by atoms with Crippen LogP contribution in [0.4, 0.5) is 0 Å². The van der Waals surface area contributed by atoms with E-state index in [1.807, 2.05) is 42.5 Å². The highest BCUT2D eigenvalue weighted by Crippen LogP contribution is 2.12. The molecule has 1 amide bonds. The molecule has 0 saturated carbocycles. The van der Waals surface area contributed by atoms with Gasteiger partial charge >= 0.3 is 5.97 Å². The largest absolute Gasteiger partial charge is 0.469 e. The molecule has 1 aromatic carbocycles. The summed E-state index contributed by atoms with van der Waals surface area (Å²) < 4.78 is 4.79. The summed E-state index contributed by atoms with van der Waals surface area (Å²) in [6.07, 6.45) is 4.49. The topological polar surface area (TPSA) is 59.5 Å². The molecule has 2 aromatic rings. The molecule has 0 aliphatic heterocycles. The maximum Gasteiger partial charge on any atom is 0.310 e. The van der Waals surface area contributed by atoms with Crippen LogP contribution in [-0.4, -0.2) is 35.4 Å². The van der Waals surface area contributed by atoms with Gasteiger partial charge in [-0.15, -0.1) is 0 Å². The molecule has 2 rings (SSSR count). The van der Waals surface area contributed by atoms with Gasteiger partial charge in [0.25, 0.3) is 0 Å². The highest BCUT2D eigenvalue weighted by molar-refractivity contribution is 5.78. The van der Waals surface area contributed by atoms with Gasteiger partial charge in [0.2, 0.25) is 5.91 Å². The minimum absolute atomic E-state index is 0.0171. The molecule has 0 saturated heterocycles. The molecule has 0 fully saturated rings. The van der Waals surface area contributed by atoms with E-state index in [9.17, 15) is 9.59 Å².